The summed E-state index contributed by atoms with van der Waals surface area (Å²) in [4.78, 5) is 27.8. The van der Waals surface area contributed by atoms with E-state index in [2.05, 4.69) is 10.6 Å². The van der Waals surface area contributed by atoms with E-state index in [1.165, 1.54) is 0 Å². The molecule has 1 aromatic rings. The molecule has 0 spiro atoms. The van der Waals surface area contributed by atoms with Crippen LogP contribution in [0.5, 0.6) is 0 Å². The van der Waals surface area contributed by atoms with E-state index in [9.17, 15) is 9.59 Å². The Morgan fingerprint density at radius 1 is 1.39 bits per heavy atom. The first-order chi connectivity index (χ1) is 11.0. The zero-order chi connectivity index (χ0) is 16.8. The summed E-state index contributed by atoms with van der Waals surface area (Å²) in [5, 5.41) is 5.41. The lowest BCUT2D eigenvalue weighted by Gasteiger charge is -2.34. The molecule has 1 aliphatic rings. The summed E-state index contributed by atoms with van der Waals surface area (Å²) in [5.41, 5.74) is 1.12. The minimum Gasteiger partial charge on any atom is -0.373 e. The smallest absolute Gasteiger partial charge is 0.322 e. The van der Waals surface area contributed by atoms with Crippen molar-refractivity contribution in [2.75, 3.05) is 52.7 Å². The number of urea groups is 1. The van der Waals surface area contributed by atoms with Gasteiger partial charge in [-0.3, -0.25) is 4.79 Å². The van der Waals surface area contributed by atoms with Gasteiger partial charge < -0.3 is 25.2 Å². The topological polar surface area (TPSA) is 73.9 Å². The first-order valence-electron chi connectivity index (χ1n) is 7.64. The number of anilines is 1. The van der Waals surface area contributed by atoms with Crippen LogP contribution in [-0.4, -0.2) is 75.2 Å². The Balaban J connectivity index is 1.97. The van der Waals surface area contributed by atoms with Crippen molar-refractivity contribution in [1.82, 2.24) is 15.1 Å². The molecule has 1 fully saturated rings. The molecule has 0 bridgehead atoms. The molecule has 0 saturated carbocycles. The summed E-state index contributed by atoms with van der Waals surface area (Å²) in [5.74, 6) is -0.182. The van der Waals surface area contributed by atoms with Crippen molar-refractivity contribution in [2.24, 2.45) is 0 Å². The fraction of sp³-hybridized carbons (Fsp3) is 0.500. The van der Waals surface area contributed by atoms with Gasteiger partial charge in [-0.2, -0.15) is 0 Å². The van der Waals surface area contributed by atoms with Crippen molar-refractivity contribution in [3.05, 3.63) is 29.8 Å². The molecule has 1 aliphatic heterocycles. The highest BCUT2D eigenvalue weighted by Crippen LogP contribution is 2.13. The lowest BCUT2D eigenvalue weighted by Crippen LogP contribution is -2.50. The maximum Gasteiger partial charge on any atom is 0.322 e. The zero-order valence-corrected chi connectivity index (χ0v) is 13.8. The number of nitrogens with one attached hydrogen (secondary N) is 2. The van der Waals surface area contributed by atoms with E-state index < -0.39 is 0 Å². The molecule has 1 aromatic carbocycles. The van der Waals surface area contributed by atoms with Crippen LogP contribution in [0.3, 0.4) is 0 Å². The van der Waals surface area contributed by atoms with Gasteiger partial charge in [-0.1, -0.05) is 6.07 Å². The summed E-state index contributed by atoms with van der Waals surface area (Å²) in [6, 6.07) is 6.70. The van der Waals surface area contributed by atoms with Gasteiger partial charge >= 0.3 is 6.03 Å². The lowest BCUT2D eigenvalue weighted by atomic mass is 10.2. The molecule has 1 heterocycles. The Labute approximate surface area is 136 Å². The van der Waals surface area contributed by atoms with Crippen LogP contribution in [0.25, 0.3) is 0 Å². The van der Waals surface area contributed by atoms with Crippen molar-refractivity contribution in [1.29, 1.82) is 0 Å². The molecule has 0 aromatic heterocycles. The van der Waals surface area contributed by atoms with Crippen molar-refractivity contribution < 1.29 is 14.3 Å². The summed E-state index contributed by atoms with van der Waals surface area (Å²) in [6.45, 7) is 2.42. The molecule has 7 nitrogen and oxygen atoms in total. The van der Waals surface area contributed by atoms with Crippen molar-refractivity contribution in [3.8, 4) is 0 Å². The number of hydrogen-bond acceptors (Lipinski definition) is 4. The second-order valence-electron chi connectivity index (χ2n) is 5.79. The third kappa shape index (κ3) is 4.94. The molecule has 23 heavy (non-hydrogen) atoms. The Bertz CT molecular complexity index is 562. The van der Waals surface area contributed by atoms with Crippen LogP contribution in [-0.2, 0) is 4.74 Å². The molecule has 126 valence electrons. The van der Waals surface area contributed by atoms with E-state index in [1.54, 1.807) is 36.2 Å². The monoisotopic (exact) mass is 320 g/mol. The lowest BCUT2D eigenvalue weighted by molar-refractivity contribution is -0.0228. The molecule has 0 aliphatic carbocycles. The van der Waals surface area contributed by atoms with Crippen LogP contribution in [0.4, 0.5) is 10.5 Å². The van der Waals surface area contributed by atoms with Crippen LogP contribution in [0.15, 0.2) is 24.3 Å². The van der Waals surface area contributed by atoms with E-state index in [1.807, 2.05) is 19.0 Å². The Kier molecular flexibility index (Phi) is 5.95. The molecule has 2 rings (SSSR count). The molecule has 0 radical (unpaired) electrons. The van der Waals surface area contributed by atoms with Gasteiger partial charge in [0.15, 0.2) is 0 Å². The number of nitrogens with zero attached hydrogens (tertiary/aromatic N) is 2. The number of amides is 3. The van der Waals surface area contributed by atoms with Crippen molar-refractivity contribution >= 4 is 17.6 Å². The second kappa shape index (κ2) is 7.94. The number of carbonyl (C=O) groups excluding carboxylic acids is 2. The zero-order valence-electron chi connectivity index (χ0n) is 13.8. The van der Waals surface area contributed by atoms with Gasteiger partial charge in [-0.25, -0.2) is 4.79 Å². The summed E-state index contributed by atoms with van der Waals surface area (Å²) < 4.78 is 5.67. The highest BCUT2D eigenvalue weighted by atomic mass is 16.5. The minimum atomic E-state index is -0.182. The van der Waals surface area contributed by atoms with Gasteiger partial charge in [-0.15, -0.1) is 0 Å². The number of hydrogen-bond donors (Lipinski definition) is 2. The first kappa shape index (κ1) is 17.2. The fourth-order valence-corrected chi connectivity index (χ4v) is 2.51. The highest BCUT2D eigenvalue weighted by Gasteiger charge is 2.24. The predicted octanol–water partition coefficient (Wildman–Crippen LogP) is 0.841. The third-order valence-electron chi connectivity index (χ3n) is 3.60. The summed E-state index contributed by atoms with van der Waals surface area (Å²) in [7, 11) is 5.53. The molecule has 3 amide bonds. The molecule has 1 unspecified atom stereocenters. The van der Waals surface area contributed by atoms with E-state index in [-0.39, 0.29) is 18.0 Å². The van der Waals surface area contributed by atoms with E-state index in [0.717, 1.165) is 6.54 Å². The second-order valence-corrected chi connectivity index (χ2v) is 5.79. The fourth-order valence-electron chi connectivity index (χ4n) is 2.51. The highest BCUT2D eigenvalue weighted by molar-refractivity contribution is 5.96. The van der Waals surface area contributed by atoms with Gasteiger partial charge in [0.1, 0.15) is 0 Å². The average Bonchev–Trinajstić information content (AvgIpc) is 2.54. The quantitative estimate of drug-likeness (QED) is 0.862. The SMILES string of the molecule is CNC(=O)c1cccc(NC(=O)N2CCOC(CN(C)C)C2)c1. The van der Waals surface area contributed by atoms with Crippen LogP contribution >= 0.6 is 0 Å². The van der Waals surface area contributed by atoms with Crippen LogP contribution in [0, 0.1) is 0 Å². The van der Waals surface area contributed by atoms with E-state index >= 15 is 0 Å². The molecule has 2 N–H and O–H groups in total. The maximum absolute atomic E-state index is 12.4. The molecule has 1 saturated heterocycles. The van der Waals surface area contributed by atoms with E-state index in [0.29, 0.717) is 30.9 Å². The van der Waals surface area contributed by atoms with Crippen LogP contribution < -0.4 is 10.6 Å². The normalized spacial score (nSPS) is 17.9. The van der Waals surface area contributed by atoms with Gasteiger partial charge in [-0.05, 0) is 32.3 Å². The summed E-state index contributed by atoms with van der Waals surface area (Å²) in [6.07, 6.45) is 0.0155. The average molecular weight is 320 g/mol. The maximum atomic E-state index is 12.4. The number of morpholine rings is 1. The van der Waals surface area contributed by atoms with Gasteiger partial charge in [0.25, 0.3) is 5.91 Å². The standard InChI is InChI=1S/C16H24N4O3/c1-17-15(21)12-5-4-6-13(9-12)18-16(22)20-7-8-23-14(11-20)10-19(2)3/h4-6,9,14H,7-8,10-11H2,1-3H3,(H,17,21)(H,18,22). The predicted molar refractivity (Wildman–Crippen MR) is 88.7 cm³/mol. The Hall–Kier alpha value is -2.12. The van der Waals surface area contributed by atoms with Crippen molar-refractivity contribution in [2.45, 2.75) is 6.10 Å². The Morgan fingerprint density at radius 3 is 2.87 bits per heavy atom. The van der Waals surface area contributed by atoms with Crippen molar-refractivity contribution in [3.63, 3.8) is 0 Å². The Morgan fingerprint density at radius 2 is 2.17 bits per heavy atom. The van der Waals surface area contributed by atoms with Gasteiger partial charge in [0.05, 0.1) is 12.7 Å². The third-order valence-corrected chi connectivity index (χ3v) is 3.60. The summed E-state index contributed by atoms with van der Waals surface area (Å²) >= 11 is 0. The molecule has 1 atom stereocenters. The minimum absolute atomic E-state index is 0.0155. The number of carbonyl (C=O) groups is 2. The van der Waals surface area contributed by atoms with Crippen LogP contribution in [0.1, 0.15) is 10.4 Å². The molecule has 7 heteroatoms. The van der Waals surface area contributed by atoms with E-state index in [4.69, 9.17) is 4.74 Å². The molecular formula is C16H24N4O3. The molecular weight excluding hydrogens is 296 g/mol. The van der Waals surface area contributed by atoms with Gasteiger partial charge in [0.2, 0.25) is 0 Å². The number of likely N-dealkylation sites (N-methyl/N-ethyl adjacent to an activating group) is 1. The first-order valence-corrected chi connectivity index (χ1v) is 7.64. The largest absolute Gasteiger partial charge is 0.373 e. The van der Waals surface area contributed by atoms with Gasteiger partial charge in [0, 0.05) is 37.9 Å². The van der Waals surface area contributed by atoms with Crippen LogP contribution in [0.2, 0.25) is 0 Å². The number of rotatable bonds is 4. The number of benzene rings is 1. The number of ether oxygens (including phenoxy) is 1.